The molecule has 29 heavy (non-hydrogen) atoms. The number of ether oxygens (including phenoxy) is 1. The van der Waals surface area contributed by atoms with Crippen molar-refractivity contribution < 1.29 is 14.3 Å². The fraction of sp³-hybridized carbons (Fsp3) is 0.364. The largest absolute Gasteiger partial charge is 0.383 e. The number of amides is 3. The van der Waals surface area contributed by atoms with Crippen LogP contribution in [0.1, 0.15) is 24.1 Å². The number of urea groups is 1. The number of halogens is 1. The molecule has 0 fully saturated rings. The summed E-state index contributed by atoms with van der Waals surface area (Å²) in [4.78, 5) is 29.1. The van der Waals surface area contributed by atoms with Gasteiger partial charge in [0.2, 0.25) is 5.91 Å². The van der Waals surface area contributed by atoms with Crippen LogP contribution >= 0.6 is 11.6 Å². The van der Waals surface area contributed by atoms with E-state index in [1.807, 2.05) is 24.0 Å². The molecule has 3 amide bonds. The fourth-order valence-corrected chi connectivity index (χ4v) is 3.68. The molecule has 3 rings (SSSR count). The average molecular weight is 416 g/mol. The van der Waals surface area contributed by atoms with E-state index in [9.17, 15) is 9.59 Å². The van der Waals surface area contributed by atoms with Gasteiger partial charge >= 0.3 is 6.03 Å². The molecule has 0 bridgehead atoms. The lowest BCUT2D eigenvalue weighted by Gasteiger charge is -2.36. The summed E-state index contributed by atoms with van der Waals surface area (Å²) in [5, 5.41) is 3.41. The van der Waals surface area contributed by atoms with Crippen LogP contribution in [0.15, 0.2) is 48.5 Å². The van der Waals surface area contributed by atoms with Gasteiger partial charge in [0.05, 0.1) is 12.6 Å². The molecule has 0 saturated heterocycles. The van der Waals surface area contributed by atoms with E-state index in [4.69, 9.17) is 16.3 Å². The van der Waals surface area contributed by atoms with E-state index in [2.05, 4.69) is 17.4 Å². The molecular weight excluding hydrogens is 390 g/mol. The Morgan fingerprint density at radius 1 is 1.21 bits per heavy atom. The molecule has 7 heteroatoms. The Labute approximate surface area is 176 Å². The molecular formula is C22H26ClN3O3. The number of benzene rings is 2. The minimum Gasteiger partial charge on any atom is -0.383 e. The second-order valence-corrected chi connectivity index (χ2v) is 7.50. The number of anilines is 1. The Hall–Kier alpha value is -2.57. The number of carbonyl (C=O) groups is 2. The molecule has 2 aromatic carbocycles. The number of hydrogen-bond acceptors (Lipinski definition) is 3. The van der Waals surface area contributed by atoms with Crippen molar-refractivity contribution in [3.05, 3.63) is 64.7 Å². The molecule has 1 unspecified atom stereocenters. The highest BCUT2D eigenvalue weighted by molar-refractivity contribution is 6.30. The normalized spacial score (nSPS) is 15.6. The average Bonchev–Trinajstić information content (AvgIpc) is 2.73. The number of nitrogens with zero attached hydrogens (tertiary/aromatic N) is 2. The maximum absolute atomic E-state index is 13.0. The van der Waals surface area contributed by atoms with E-state index >= 15 is 0 Å². The highest BCUT2D eigenvalue weighted by Gasteiger charge is 2.29. The van der Waals surface area contributed by atoms with Crippen molar-refractivity contribution in [2.24, 2.45) is 0 Å². The van der Waals surface area contributed by atoms with E-state index < -0.39 is 0 Å². The number of fused-ring (bicyclic) bond motifs is 1. The van der Waals surface area contributed by atoms with Gasteiger partial charge < -0.3 is 19.9 Å². The zero-order chi connectivity index (χ0) is 20.8. The minimum atomic E-state index is -0.345. The third-order valence-electron chi connectivity index (χ3n) is 5.19. The minimum absolute atomic E-state index is 0.00467. The van der Waals surface area contributed by atoms with Gasteiger partial charge in [-0.05, 0) is 48.7 Å². The van der Waals surface area contributed by atoms with Gasteiger partial charge in [0.1, 0.15) is 6.54 Å². The lowest BCUT2D eigenvalue weighted by molar-refractivity contribution is -0.134. The Morgan fingerprint density at radius 3 is 2.66 bits per heavy atom. The smallest absolute Gasteiger partial charge is 0.322 e. The summed E-state index contributed by atoms with van der Waals surface area (Å²) in [5.41, 5.74) is 3.07. The van der Waals surface area contributed by atoms with Gasteiger partial charge in [0.25, 0.3) is 0 Å². The number of nitrogens with one attached hydrogen (secondary N) is 1. The Bertz CT molecular complexity index is 857. The molecule has 0 radical (unpaired) electrons. The SMILES string of the molecule is COCCN(CC(=O)N1CCc2ccccc2C1C)C(=O)Nc1ccc(Cl)cc1. The summed E-state index contributed by atoms with van der Waals surface area (Å²) >= 11 is 5.89. The van der Waals surface area contributed by atoms with E-state index in [0.29, 0.717) is 30.4 Å². The van der Waals surface area contributed by atoms with Crippen LogP contribution in [0, 0.1) is 0 Å². The van der Waals surface area contributed by atoms with E-state index in [0.717, 1.165) is 6.42 Å². The number of rotatable bonds is 6. The molecule has 1 atom stereocenters. The van der Waals surface area contributed by atoms with Crippen LogP contribution in [-0.2, 0) is 16.0 Å². The second kappa shape index (κ2) is 9.76. The van der Waals surface area contributed by atoms with Gasteiger partial charge in [0.15, 0.2) is 0 Å². The first kappa shape index (κ1) is 21.1. The third-order valence-corrected chi connectivity index (χ3v) is 5.44. The van der Waals surface area contributed by atoms with Crippen molar-refractivity contribution in [2.45, 2.75) is 19.4 Å². The Kier molecular flexibility index (Phi) is 7.12. The highest BCUT2D eigenvalue weighted by atomic mass is 35.5. The molecule has 0 spiro atoms. The van der Waals surface area contributed by atoms with E-state index in [1.165, 1.54) is 16.0 Å². The van der Waals surface area contributed by atoms with Crippen molar-refractivity contribution >= 4 is 29.2 Å². The Morgan fingerprint density at radius 2 is 1.93 bits per heavy atom. The first-order valence-electron chi connectivity index (χ1n) is 9.67. The molecule has 1 aliphatic heterocycles. The highest BCUT2D eigenvalue weighted by Crippen LogP contribution is 2.29. The van der Waals surface area contributed by atoms with Gasteiger partial charge in [-0.3, -0.25) is 4.79 Å². The summed E-state index contributed by atoms with van der Waals surface area (Å²) in [6.45, 7) is 3.34. The van der Waals surface area contributed by atoms with Crippen LogP contribution in [0.4, 0.5) is 10.5 Å². The molecule has 6 nitrogen and oxygen atoms in total. The molecule has 1 heterocycles. The van der Waals surface area contributed by atoms with Crippen molar-refractivity contribution in [2.75, 3.05) is 38.7 Å². The monoisotopic (exact) mass is 415 g/mol. The summed E-state index contributed by atoms with van der Waals surface area (Å²) in [6, 6.07) is 14.7. The quantitative estimate of drug-likeness (QED) is 0.776. The van der Waals surface area contributed by atoms with E-state index in [-0.39, 0.29) is 24.5 Å². The maximum Gasteiger partial charge on any atom is 0.322 e. The van der Waals surface area contributed by atoms with Crippen molar-refractivity contribution in [3.8, 4) is 0 Å². The molecule has 0 saturated carbocycles. The molecule has 0 aliphatic carbocycles. The van der Waals surface area contributed by atoms with Gasteiger partial charge in [0, 0.05) is 30.9 Å². The van der Waals surface area contributed by atoms with E-state index in [1.54, 1.807) is 31.4 Å². The van der Waals surface area contributed by atoms with Crippen LogP contribution < -0.4 is 5.32 Å². The topological polar surface area (TPSA) is 61.9 Å². The standard InChI is InChI=1S/C22H26ClN3O3/c1-16-20-6-4-3-5-17(20)11-12-26(16)21(27)15-25(13-14-29-2)22(28)24-19-9-7-18(23)8-10-19/h3-10,16H,11-15H2,1-2H3,(H,24,28). The number of methoxy groups -OCH3 is 1. The van der Waals surface area contributed by atoms with Crippen LogP contribution in [0.5, 0.6) is 0 Å². The summed E-state index contributed by atoms with van der Waals surface area (Å²) < 4.78 is 5.12. The Balaban J connectivity index is 1.68. The van der Waals surface area contributed by atoms with Crippen molar-refractivity contribution in [1.82, 2.24) is 9.80 Å². The maximum atomic E-state index is 13.0. The van der Waals surface area contributed by atoms with Crippen molar-refractivity contribution in [3.63, 3.8) is 0 Å². The van der Waals surface area contributed by atoms with Crippen LogP contribution in [-0.4, -0.2) is 55.1 Å². The number of carbonyl (C=O) groups excluding carboxylic acids is 2. The first-order valence-corrected chi connectivity index (χ1v) is 10.0. The van der Waals surface area contributed by atoms with Crippen molar-refractivity contribution in [1.29, 1.82) is 0 Å². The lowest BCUT2D eigenvalue weighted by atomic mass is 9.93. The van der Waals surface area contributed by atoms with Gasteiger partial charge in [-0.2, -0.15) is 0 Å². The first-order chi connectivity index (χ1) is 14.0. The summed E-state index contributed by atoms with van der Waals surface area (Å²) in [7, 11) is 1.57. The molecule has 1 aliphatic rings. The van der Waals surface area contributed by atoms with Crippen LogP contribution in [0.2, 0.25) is 5.02 Å². The summed E-state index contributed by atoms with van der Waals surface area (Å²) in [5.74, 6) is -0.0747. The molecule has 2 aromatic rings. The van der Waals surface area contributed by atoms with Crippen LogP contribution in [0.3, 0.4) is 0 Å². The van der Waals surface area contributed by atoms with Gasteiger partial charge in [-0.1, -0.05) is 35.9 Å². The second-order valence-electron chi connectivity index (χ2n) is 7.06. The fourth-order valence-electron chi connectivity index (χ4n) is 3.56. The summed E-state index contributed by atoms with van der Waals surface area (Å²) in [6.07, 6.45) is 0.821. The zero-order valence-corrected chi connectivity index (χ0v) is 17.5. The predicted octanol–water partition coefficient (Wildman–Crippen LogP) is 3.97. The van der Waals surface area contributed by atoms with Gasteiger partial charge in [-0.25, -0.2) is 4.79 Å². The van der Waals surface area contributed by atoms with Gasteiger partial charge in [-0.15, -0.1) is 0 Å². The molecule has 154 valence electrons. The zero-order valence-electron chi connectivity index (χ0n) is 16.7. The lowest BCUT2D eigenvalue weighted by Crippen LogP contribution is -2.48. The van der Waals surface area contributed by atoms with Crippen LogP contribution in [0.25, 0.3) is 0 Å². The molecule has 0 aromatic heterocycles. The predicted molar refractivity (Wildman–Crippen MR) is 114 cm³/mol. The molecule has 1 N–H and O–H groups in total. The number of hydrogen-bond donors (Lipinski definition) is 1. The third kappa shape index (κ3) is 5.28.